The standard InChI is InChI=1S/C11H22O4/c1-11(2,3)7-4-6(5-12)8(13)10(15)9(7)14/h6-10,12-15H,4-5H2,1-3H3/t6-,7?,8-,9+,10+/m0/s1. The first-order valence-electron chi connectivity index (χ1n) is 5.44. The Morgan fingerprint density at radius 3 is 1.93 bits per heavy atom. The number of hydrogen-bond acceptors (Lipinski definition) is 4. The summed E-state index contributed by atoms with van der Waals surface area (Å²) in [5.74, 6) is -0.444. The Morgan fingerprint density at radius 2 is 1.53 bits per heavy atom. The Kier molecular flexibility index (Phi) is 3.76. The normalized spacial score (nSPS) is 43.0. The summed E-state index contributed by atoms with van der Waals surface area (Å²) < 4.78 is 0. The minimum atomic E-state index is -1.15. The lowest BCUT2D eigenvalue weighted by atomic mass is 9.66. The van der Waals surface area contributed by atoms with Crippen molar-refractivity contribution in [2.75, 3.05) is 6.61 Å². The average Bonchev–Trinajstić information content (AvgIpc) is 2.13. The van der Waals surface area contributed by atoms with Crippen molar-refractivity contribution in [3.63, 3.8) is 0 Å². The van der Waals surface area contributed by atoms with Crippen LogP contribution in [-0.2, 0) is 0 Å². The van der Waals surface area contributed by atoms with Crippen LogP contribution < -0.4 is 0 Å². The van der Waals surface area contributed by atoms with E-state index in [0.29, 0.717) is 6.42 Å². The van der Waals surface area contributed by atoms with Crippen LogP contribution in [0.2, 0.25) is 0 Å². The SMILES string of the molecule is CC(C)(C)C1C[C@@H](CO)[C@H](O)[C@@H](O)[C@@H]1O. The van der Waals surface area contributed by atoms with Gasteiger partial charge in [0.15, 0.2) is 0 Å². The van der Waals surface area contributed by atoms with Crippen LogP contribution in [0.15, 0.2) is 0 Å². The smallest absolute Gasteiger partial charge is 0.106 e. The highest BCUT2D eigenvalue weighted by Crippen LogP contribution is 2.40. The van der Waals surface area contributed by atoms with E-state index in [9.17, 15) is 15.3 Å². The van der Waals surface area contributed by atoms with Gasteiger partial charge in [0, 0.05) is 12.5 Å². The van der Waals surface area contributed by atoms with Crippen molar-refractivity contribution in [2.45, 2.75) is 45.5 Å². The highest BCUT2D eigenvalue weighted by molar-refractivity contribution is 4.96. The fourth-order valence-corrected chi connectivity index (χ4v) is 2.37. The molecule has 4 heteroatoms. The van der Waals surface area contributed by atoms with E-state index in [1.54, 1.807) is 0 Å². The molecular weight excluding hydrogens is 196 g/mol. The molecule has 90 valence electrons. The fraction of sp³-hybridized carbons (Fsp3) is 1.00. The number of aliphatic hydroxyl groups is 4. The summed E-state index contributed by atoms with van der Waals surface area (Å²) in [6, 6.07) is 0. The van der Waals surface area contributed by atoms with Crippen LogP contribution in [0.3, 0.4) is 0 Å². The Balaban J connectivity index is 2.83. The second kappa shape index (κ2) is 4.37. The molecule has 0 spiro atoms. The second-order valence-electron chi connectivity index (χ2n) is 5.62. The maximum atomic E-state index is 9.87. The summed E-state index contributed by atoms with van der Waals surface area (Å²) in [5, 5.41) is 38.3. The van der Waals surface area contributed by atoms with Gasteiger partial charge in [-0.25, -0.2) is 0 Å². The van der Waals surface area contributed by atoms with Gasteiger partial charge in [0.25, 0.3) is 0 Å². The molecule has 0 aromatic heterocycles. The number of hydrogen-bond donors (Lipinski definition) is 4. The molecule has 5 atom stereocenters. The number of aliphatic hydroxyl groups excluding tert-OH is 4. The maximum absolute atomic E-state index is 9.87. The summed E-state index contributed by atoms with van der Waals surface area (Å²) in [5.41, 5.74) is -0.145. The van der Waals surface area contributed by atoms with E-state index in [4.69, 9.17) is 5.11 Å². The van der Waals surface area contributed by atoms with E-state index < -0.39 is 18.3 Å². The lowest BCUT2D eigenvalue weighted by Gasteiger charge is -2.45. The van der Waals surface area contributed by atoms with Crippen molar-refractivity contribution in [1.29, 1.82) is 0 Å². The van der Waals surface area contributed by atoms with Gasteiger partial charge in [0.1, 0.15) is 6.10 Å². The molecule has 4 nitrogen and oxygen atoms in total. The molecule has 0 aromatic carbocycles. The van der Waals surface area contributed by atoms with Crippen LogP contribution in [-0.4, -0.2) is 45.3 Å². The molecule has 0 bridgehead atoms. The zero-order valence-electron chi connectivity index (χ0n) is 9.59. The van der Waals surface area contributed by atoms with Crippen LogP contribution >= 0.6 is 0 Å². The van der Waals surface area contributed by atoms with E-state index >= 15 is 0 Å². The van der Waals surface area contributed by atoms with Gasteiger partial charge >= 0.3 is 0 Å². The Hall–Kier alpha value is -0.160. The van der Waals surface area contributed by atoms with Gasteiger partial charge in [-0.15, -0.1) is 0 Å². The molecule has 1 saturated carbocycles. The van der Waals surface area contributed by atoms with Crippen molar-refractivity contribution in [2.24, 2.45) is 17.3 Å². The number of rotatable bonds is 1. The monoisotopic (exact) mass is 218 g/mol. The largest absolute Gasteiger partial charge is 0.396 e. The minimum absolute atomic E-state index is 0.104. The van der Waals surface area contributed by atoms with E-state index in [2.05, 4.69) is 0 Å². The summed E-state index contributed by atoms with van der Waals surface area (Å²) in [4.78, 5) is 0. The fourth-order valence-electron chi connectivity index (χ4n) is 2.37. The van der Waals surface area contributed by atoms with Gasteiger partial charge < -0.3 is 20.4 Å². The van der Waals surface area contributed by atoms with E-state index in [-0.39, 0.29) is 23.9 Å². The molecule has 1 rings (SSSR count). The zero-order valence-corrected chi connectivity index (χ0v) is 9.59. The third-order valence-corrected chi connectivity index (χ3v) is 3.50. The summed E-state index contributed by atoms with van der Waals surface area (Å²) in [6.45, 7) is 5.80. The molecule has 1 unspecified atom stereocenters. The molecule has 0 amide bonds. The van der Waals surface area contributed by atoms with Crippen LogP contribution in [0.5, 0.6) is 0 Å². The molecule has 1 aliphatic carbocycles. The van der Waals surface area contributed by atoms with Gasteiger partial charge in [-0.3, -0.25) is 0 Å². The molecule has 1 fully saturated rings. The van der Waals surface area contributed by atoms with Crippen molar-refractivity contribution >= 4 is 0 Å². The molecular formula is C11H22O4. The molecule has 0 radical (unpaired) electrons. The summed E-state index contributed by atoms with van der Waals surface area (Å²) in [7, 11) is 0. The molecule has 1 aliphatic rings. The highest BCUT2D eigenvalue weighted by atomic mass is 16.4. The van der Waals surface area contributed by atoms with Crippen molar-refractivity contribution in [3.8, 4) is 0 Å². The Bertz CT molecular complexity index is 209. The second-order valence-corrected chi connectivity index (χ2v) is 5.62. The Morgan fingerprint density at radius 1 is 1.00 bits per heavy atom. The lowest BCUT2D eigenvalue weighted by molar-refractivity contribution is -0.160. The molecule has 0 heterocycles. The van der Waals surface area contributed by atoms with Gasteiger partial charge in [0.2, 0.25) is 0 Å². The molecule has 4 N–H and O–H groups in total. The summed E-state index contributed by atoms with van der Waals surface area (Å²) in [6.07, 6.45) is -2.55. The lowest BCUT2D eigenvalue weighted by Crippen LogP contribution is -2.54. The predicted molar refractivity (Wildman–Crippen MR) is 56.2 cm³/mol. The zero-order chi connectivity index (χ0) is 11.8. The minimum Gasteiger partial charge on any atom is -0.396 e. The van der Waals surface area contributed by atoms with Crippen LogP contribution in [0.4, 0.5) is 0 Å². The predicted octanol–water partition coefficient (Wildman–Crippen LogP) is -0.256. The molecule has 0 saturated heterocycles. The topological polar surface area (TPSA) is 80.9 Å². The molecule has 0 aromatic rings. The van der Waals surface area contributed by atoms with E-state index in [1.165, 1.54) is 0 Å². The highest BCUT2D eigenvalue weighted by Gasteiger charge is 2.46. The first-order valence-corrected chi connectivity index (χ1v) is 5.44. The van der Waals surface area contributed by atoms with Crippen molar-refractivity contribution in [1.82, 2.24) is 0 Å². The van der Waals surface area contributed by atoms with Crippen molar-refractivity contribution in [3.05, 3.63) is 0 Å². The van der Waals surface area contributed by atoms with Crippen molar-refractivity contribution < 1.29 is 20.4 Å². The van der Waals surface area contributed by atoms with Gasteiger partial charge in [0.05, 0.1) is 12.2 Å². The van der Waals surface area contributed by atoms with E-state index in [1.807, 2.05) is 20.8 Å². The third-order valence-electron chi connectivity index (χ3n) is 3.50. The first-order chi connectivity index (χ1) is 6.79. The van der Waals surface area contributed by atoms with Gasteiger partial charge in [-0.05, 0) is 17.8 Å². The molecule has 0 aliphatic heterocycles. The van der Waals surface area contributed by atoms with E-state index in [0.717, 1.165) is 0 Å². The van der Waals surface area contributed by atoms with Crippen LogP contribution in [0, 0.1) is 17.3 Å². The maximum Gasteiger partial charge on any atom is 0.106 e. The quantitative estimate of drug-likeness (QED) is 0.489. The van der Waals surface area contributed by atoms with Crippen LogP contribution in [0.1, 0.15) is 27.2 Å². The average molecular weight is 218 g/mol. The van der Waals surface area contributed by atoms with Gasteiger partial charge in [-0.2, -0.15) is 0 Å². The summed E-state index contributed by atoms with van der Waals surface area (Å²) >= 11 is 0. The molecule has 15 heavy (non-hydrogen) atoms. The third kappa shape index (κ3) is 2.50. The Labute approximate surface area is 90.6 Å². The van der Waals surface area contributed by atoms with Crippen LogP contribution in [0.25, 0.3) is 0 Å². The van der Waals surface area contributed by atoms with Gasteiger partial charge in [-0.1, -0.05) is 20.8 Å². The first kappa shape index (κ1) is 12.9.